The SMILES string of the molecule is CCN=C1S/C(=C/c2cc(Cl)c(OCc3ccc(C)cc3)c(OC)c2)C(=O)N1CC. The molecule has 2 aromatic carbocycles. The zero-order chi connectivity index (χ0) is 21.7. The van der Waals surface area contributed by atoms with Crippen LogP contribution < -0.4 is 9.47 Å². The first-order chi connectivity index (χ1) is 14.5. The highest BCUT2D eigenvalue weighted by atomic mass is 35.5. The maximum absolute atomic E-state index is 12.7. The fraction of sp³-hybridized carbons (Fsp3) is 0.304. The topological polar surface area (TPSA) is 51.1 Å². The van der Waals surface area contributed by atoms with Crippen molar-refractivity contribution in [2.75, 3.05) is 20.2 Å². The second kappa shape index (κ2) is 10.0. The molecule has 30 heavy (non-hydrogen) atoms. The zero-order valence-corrected chi connectivity index (χ0v) is 19.1. The van der Waals surface area contributed by atoms with E-state index >= 15 is 0 Å². The molecule has 0 N–H and O–H groups in total. The Morgan fingerprint density at radius 3 is 2.57 bits per heavy atom. The second-order valence-corrected chi connectivity index (χ2v) is 8.14. The summed E-state index contributed by atoms with van der Waals surface area (Å²) >= 11 is 7.88. The summed E-state index contributed by atoms with van der Waals surface area (Å²) in [5.74, 6) is 0.951. The van der Waals surface area contributed by atoms with Gasteiger partial charge in [-0.1, -0.05) is 41.4 Å². The largest absolute Gasteiger partial charge is 0.493 e. The first-order valence-electron chi connectivity index (χ1n) is 9.78. The van der Waals surface area contributed by atoms with Gasteiger partial charge in [0.1, 0.15) is 6.61 Å². The van der Waals surface area contributed by atoms with Crippen LogP contribution in [0.1, 0.15) is 30.5 Å². The summed E-state index contributed by atoms with van der Waals surface area (Å²) < 4.78 is 11.4. The summed E-state index contributed by atoms with van der Waals surface area (Å²) in [6, 6.07) is 11.7. The van der Waals surface area contributed by atoms with Crippen molar-refractivity contribution in [2.24, 2.45) is 4.99 Å². The summed E-state index contributed by atoms with van der Waals surface area (Å²) in [6.45, 7) is 7.53. The van der Waals surface area contributed by atoms with Crippen LogP contribution in [-0.2, 0) is 11.4 Å². The van der Waals surface area contributed by atoms with Gasteiger partial charge in [0.15, 0.2) is 16.7 Å². The number of aryl methyl sites for hydroxylation is 1. The molecule has 1 aliphatic rings. The number of amides is 1. The summed E-state index contributed by atoms with van der Waals surface area (Å²) in [6.07, 6.45) is 1.81. The van der Waals surface area contributed by atoms with E-state index in [1.54, 1.807) is 18.1 Å². The highest BCUT2D eigenvalue weighted by Gasteiger charge is 2.31. The van der Waals surface area contributed by atoms with E-state index in [1.165, 1.54) is 17.3 Å². The molecule has 1 aliphatic heterocycles. The van der Waals surface area contributed by atoms with Gasteiger partial charge in [0.05, 0.1) is 17.0 Å². The molecule has 2 aromatic rings. The molecule has 1 heterocycles. The Kier molecular flexibility index (Phi) is 7.45. The van der Waals surface area contributed by atoms with E-state index in [0.717, 1.165) is 16.3 Å². The Morgan fingerprint density at radius 2 is 1.93 bits per heavy atom. The minimum absolute atomic E-state index is 0.0514. The van der Waals surface area contributed by atoms with E-state index in [1.807, 2.05) is 57.2 Å². The number of benzene rings is 2. The van der Waals surface area contributed by atoms with Crippen LogP contribution >= 0.6 is 23.4 Å². The van der Waals surface area contributed by atoms with Gasteiger partial charge in [-0.2, -0.15) is 0 Å². The molecule has 0 aliphatic carbocycles. The van der Waals surface area contributed by atoms with Gasteiger partial charge in [0, 0.05) is 13.1 Å². The van der Waals surface area contributed by atoms with Crippen molar-refractivity contribution in [2.45, 2.75) is 27.4 Å². The molecule has 0 radical (unpaired) electrons. The van der Waals surface area contributed by atoms with Crippen LogP contribution in [0.15, 0.2) is 46.3 Å². The second-order valence-electron chi connectivity index (χ2n) is 6.73. The molecule has 0 unspecified atom stereocenters. The van der Waals surface area contributed by atoms with Gasteiger partial charge in [-0.25, -0.2) is 0 Å². The summed E-state index contributed by atoms with van der Waals surface area (Å²) in [4.78, 5) is 19.4. The number of amidine groups is 1. The minimum Gasteiger partial charge on any atom is -0.493 e. The number of likely N-dealkylation sites (N-methyl/N-ethyl adjacent to an activating group) is 1. The molecule has 0 atom stereocenters. The molecule has 0 bridgehead atoms. The lowest BCUT2D eigenvalue weighted by atomic mass is 10.1. The Balaban J connectivity index is 1.84. The van der Waals surface area contributed by atoms with Crippen molar-refractivity contribution in [1.82, 2.24) is 4.90 Å². The van der Waals surface area contributed by atoms with Crippen molar-refractivity contribution in [3.63, 3.8) is 0 Å². The Morgan fingerprint density at radius 1 is 1.20 bits per heavy atom. The number of rotatable bonds is 7. The number of aliphatic imine (C=N–C) groups is 1. The van der Waals surface area contributed by atoms with E-state index in [9.17, 15) is 4.79 Å². The Labute approximate surface area is 186 Å². The average molecular weight is 445 g/mol. The molecule has 3 rings (SSSR count). The van der Waals surface area contributed by atoms with Crippen LogP contribution in [-0.4, -0.2) is 36.2 Å². The van der Waals surface area contributed by atoms with E-state index < -0.39 is 0 Å². The van der Waals surface area contributed by atoms with E-state index in [0.29, 0.717) is 41.1 Å². The molecule has 0 saturated carbocycles. The minimum atomic E-state index is -0.0514. The van der Waals surface area contributed by atoms with Crippen molar-refractivity contribution in [3.8, 4) is 11.5 Å². The number of nitrogens with zero attached hydrogens (tertiary/aromatic N) is 2. The van der Waals surface area contributed by atoms with Crippen molar-refractivity contribution >= 4 is 40.5 Å². The smallest absolute Gasteiger partial charge is 0.266 e. The maximum Gasteiger partial charge on any atom is 0.266 e. The van der Waals surface area contributed by atoms with Crippen LogP contribution in [0, 0.1) is 6.92 Å². The zero-order valence-electron chi connectivity index (χ0n) is 17.6. The highest BCUT2D eigenvalue weighted by molar-refractivity contribution is 8.18. The number of ether oxygens (including phenoxy) is 2. The van der Waals surface area contributed by atoms with Crippen LogP contribution in [0.2, 0.25) is 5.02 Å². The van der Waals surface area contributed by atoms with Crippen molar-refractivity contribution in [3.05, 3.63) is 63.0 Å². The molecule has 0 spiro atoms. The highest BCUT2D eigenvalue weighted by Crippen LogP contribution is 2.39. The number of carbonyl (C=O) groups is 1. The van der Waals surface area contributed by atoms with Crippen molar-refractivity contribution in [1.29, 1.82) is 0 Å². The fourth-order valence-corrected chi connectivity index (χ4v) is 4.37. The van der Waals surface area contributed by atoms with Gasteiger partial charge < -0.3 is 9.47 Å². The fourth-order valence-electron chi connectivity index (χ4n) is 2.99. The normalized spacial score (nSPS) is 16.6. The predicted octanol–water partition coefficient (Wildman–Crippen LogP) is 5.55. The Bertz CT molecular complexity index is 987. The molecule has 1 saturated heterocycles. The van der Waals surface area contributed by atoms with Gasteiger partial charge in [-0.15, -0.1) is 0 Å². The molecule has 5 nitrogen and oxygen atoms in total. The third-order valence-electron chi connectivity index (χ3n) is 4.55. The maximum atomic E-state index is 12.7. The molecule has 0 aromatic heterocycles. The molecular formula is C23H25ClN2O3S. The summed E-state index contributed by atoms with van der Waals surface area (Å²) in [5, 5.41) is 1.16. The van der Waals surface area contributed by atoms with E-state index in [4.69, 9.17) is 21.1 Å². The Hall–Kier alpha value is -2.44. The monoisotopic (exact) mass is 444 g/mol. The lowest BCUT2D eigenvalue weighted by molar-refractivity contribution is -0.122. The molecule has 158 valence electrons. The van der Waals surface area contributed by atoms with Crippen LogP contribution in [0.25, 0.3) is 6.08 Å². The van der Waals surface area contributed by atoms with Gasteiger partial charge >= 0.3 is 0 Å². The van der Waals surface area contributed by atoms with E-state index in [-0.39, 0.29) is 5.91 Å². The number of methoxy groups -OCH3 is 1. The standard InChI is InChI=1S/C23H25ClN2O3S/c1-5-25-23-26(6-2)22(27)20(30-23)13-17-11-18(24)21(19(12-17)28-4)29-14-16-9-7-15(3)8-10-16/h7-13H,5-6,14H2,1-4H3/b20-13+,25-23?. The first kappa shape index (κ1) is 22.2. The van der Waals surface area contributed by atoms with E-state index in [2.05, 4.69) is 4.99 Å². The molecule has 1 fully saturated rings. The van der Waals surface area contributed by atoms with Crippen LogP contribution in [0.5, 0.6) is 11.5 Å². The molecule has 7 heteroatoms. The lowest BCUT2D eigenvalue weighted by Crippen LogP contribution is -2.28. The van der Waals surface area contributed by atoms with Gasteiger partial charge in [0.2, 0.25) is 0 Å². The van der Waals surface area contributed by atoms with Gasteiger partial charge in [-0.3, -0.25) is 14.7 Å². The number of hydrogen-bond donors (Lipinski definition) is 0. The number of halogens is 1. The third kappa shape index (κ3) is 4.99. The predicted molar refractivity (Wildman–Crippen MR) is 124 cm³/mol. The average Bonchev–Trinajstić information content (AvgIpc) is 3.02. The number of thioether (sulfide) groups is 1. The third-order valence-corrected chi connectivity index (χ3v) is 5.88. The number of carbonyl (C=O) groups excluding carboxylic acids is 1. The summed E-state index contributed by atoms with van der Waals surface area (Å²) in [5.41, 5.74) is 3.00. The van der Waals surface area contributed by atoms with Gasteiger partial charge in [0.25, 0.3) is 5.91 Å². The van der Waals surface area contributed by atoms with Crippen LogP contribution in [0.4, 0.5) is 0 Å². The summed E-state index contributed by atoms with van der Waals surface area (Å²) in [7, 11) is 1.57. The van der Waals surface area contributed by atoms with Crippen LogP contribution in [0.3, 0.4) is 0 Å². The molecular weight excluding hydrogens is 420 g/mol. The first-order valence-corrected chi connectivity index (χ1v) is 11.0. The quantitative estimate of drug-likeness (QED) is 0.525. The van der Waals surface area contributed by atoms with Crippen molar-refractivity contribution < 1.29 is 14.3 Å². The van der Waals surface area contributed by atoms with Gasteiger partial charge in [-0.05, 0) is 61.9 Å². The lowest BCUT2D eigenvalue weighted by Gasteiger charge is -2.14. The molecule has 1 amide bonds. The number of hydrogen-bond acceptors (Lipinski definition) is 5.